The van der Waals surface area contributed by atoms with Crippen molar-refractivity contribution in [1.82, 2.24) is 9.55 Å². The van der Waals surface area contributed by atoms with Gasteiger partial charge in [-0.15, -0.1) is 11.6 Å². The van der Waals surface area contributed by atoms with E-state index in [-0.39, 0.29) is 0 Å². The minimum absolute atomic E-state index is 0.451. The lowest BCUT2D eigenvalue weighted by atomic mass is 10.1. The fraction of sp³-hybridized carbons (Fsp3) is 0.562. The molecule has 0 bridgehead atoms. The zero-order valence-corrected chi connectivity index (χ0v) is 14.5. The highest BCUT2D eigenvalue weighted by molar-refractivity contribution is 9.10. The molecule has 0 fully saturated rings. The van der Waals surface area contributed by atoms with Crippen molar-refractivity contribution in [2.45, 2.75) is 57.9 Å². The number of hydrogen-bond acceptors (Lipinski definition) is 1. The van der Waals surface area contributed by atoms with Gasteiger partial charge in [-0.1, -0.05) is 48.5 Å². The molecule has 0 amide bonds. The number of unbranched alkanes of at least 4 members (excludes halogenated alkanes) is 3. The molecule has 0 aliphatic heterocycles. The molecule has 0 saturated heterocycles. The maximum absolute atomic E-state index is 6.08. The Morgan fingerprint density at radius 2 is 2.10 bits per heavy atom. The van der Waals surface area contributed by atoms with Crippen LogP contribution in [0.1, 0.15) is 57.8 Å². The highest BCUT2D eigenvalue weighted by Gasteiger charge is 2.15. The van der Waals surface area contributed by atoms with E-state index in [2.05, 4.69) is 57.5 Å². The van der Waals surface area contributed by atoms with Crippen molar-refractivity contribution in [2.24, 2.45) is 0 Å². The number of halogens is 2. The third-order valence-electron chi connectivity index (χ3n) is 3.76. The second kappa shape index (κ2) is 7.46. The normalized spacial score (nSPS) is 13.0. The summed E-state index contributed by atoms with van der Waals surface area (Å²) in [6, 6.07) is 6.71. The molecule has 20 heavy (non-hydrogen) atoms. The van der Waals surface area contributed by atoms with Crippen molar-refractivity contribution in [3.05, 3.63) is 28.5 Å². The fourth-order valence-corrected chi connectivity index (χ4v) is 3.24. The average molecular weight is 358 g/mol. The lowest BCUT2D eigenvalue weighted by Gasteiger charge is -2.17. The summed E-state index contributed by atoms with van der Waals surface area (Å²) in [5.74, 6) is 1.44. The molecule has 0 aliphatic rings. The molecular weight excluding hydrogens is 336 g/mol. The van der Waals surface area contributed by atoms with Crippen LogP contribution < -0.4 is 0 Å². The first-order valence-corrected chi connectivity index (χ1v) is 8.72. The first-order valence-electron chi connectivity index (χ1n) is 7.39. The number of aromatic nitrogens is 2. The lowest BCUT2D eigenvalue weighted by molar-refractivity contribution is 0.473. The number of imidazole rings is 1. The van der Waals surface area contributed by atoms with Gasteiger partial charge < -0.3 is 4.57 Å². The topological polar surface area (TPSA) is 17.8 Å². The van der Waals surface area contributed by atoms with Crippen LogP contribution >= 0.6 is 27.5 Å². The quantitative estimate of drug-likeness (QED) is 0.434. The summed E-state index contributed by atoms with van der Waals surface area (Å²) in [7, 11) is 0. The lowest BCUT2D eigenvalue weighted by Crippen LogP contribution is -2.08. The minimum Gasteiger partial charge on any atom is -0.324 e. The smallest absolute Gasteiger partial charge is 0.125 e. The molecule has 0 spiro atoms. The highest BCUT2D eigenvalue weighted by Crippen LogP contribution is 2.27. The minimum atomic E-state index is 0.451. The molecule has 2 rings (SSSR count). The summed E-state index contributed by atoms with van der Waals surface area (Å²) in [5, 5.41) is 0. The van der Waals surface area contributed by atoms with Gasteiger partial charge in [0.2, 0.25) is 0 Å². The Labute approximate surface area is 134 Å². The average Bonchev–Trinajstić information content (AvgIpc) is 2.80. The molecule has 1 heterocycles. The number of hydrogen-bond donors (Lipinski definition) is 0. The summed E-state index contributed by atoms with van der Waals surface area (Å²) in [5.41, 5.74) is 2.21. The van der Waals surface area contributed by atoms with E-state index in [1.165, 1.54) is 37.6 Å². The van der Waals surface area contributed by atoms with E-state index >= 15 is 0 Å². The Balaban J connectivity index is 2.22. The first-order chi connectivity index (χ1) is 9.67. The van der Waals surface area contributed by atoms with E-state index in [4.69, 9.17) is 11.6 Å². The maximum Gasteiger partial charge on any atom is 0.125 e. The summed E-state index contributed by atoms with van der Waals surface area (Å²) in [4.78, 5) is 4.66. The third-order valence-corrected chi connectivity index (χ3v) is 4.49. The molecule has 110 valence electrons. The van der Waals surface area contributed by atoms with Gasteiger partial charge in [0.25, 0.3) is 0 Å². The largest absolute Gasteiger partial charge is 0.324 e. The Morgan fingerprint density at radius 1 is 1.30 bits per heavy atom. The predicted molar refractivity (Wildman–Crippen MR) is 90.5 cm³/mol. The fourth-order valence-electron chi connectivity index (χ4n) is 2.70. The highest BCUT2D eigenvalue weighted by atomic mass is 79.9. The second-order valence-corrected chi connectivity index (χ2v) is 6.55. The molecule has 2 aromatic rings. The Bertz CT molecular complexity index is 565. The SMILES string of the molecule is CCCCCCC(C)n1c(CCl)nc2cc(Br)ccc21. The molecule has 1 unspecified atom stereocenters. The monoisotopic (exact) mass is 356 g/mol. The summed E-state index contributed by atoms with van der Waals surface area (Å²) in [6.07, 6.45) is 6.38. The van der Waals surface area contributed by atoms with Crippen molar-refractivity contribution >= 4 is 38.6 Å². The van der Waals surface area contributed by atoms with Crippen LogP contribution in [-0.4, -0.2) is 9.55 Å². The maximum atomic E-state index is 6.08. The van der Waals surface area contributed by atoms with Crippen LogP contribution in [0, 0.1) is 0 Å². The van der Waals surface area contributed by atoms with Gasteiger partial charge in [-0.05, 0) is 31.5 Å². The Kier molecular flexibility index (Phi) is 5.91. The number of benzene rings is 1. The van der Waals surface area contributed by atoms with E-state index in [0.29, 0.717) is 11.9 Å². The zero-order chi connectivity index (χ0) is 14.5. The number of nitrogens with zero attached hydrogens (tertiary/aromatic N) is 2. The van der Waals surface area contributed by atoms with Crippen molar-refractivity contribution in [3.8, 4) is 0 Å². The van der Waals surface area contributed by atoms with Crippen LogP contribution in [0.5, 0.6) is 0 Å². The van der Waals surface area contributed by atoms with Crippen molar-refractivity contribution in [2.75, 3.05) is 0 Å². The molecule has 0 radical (unpaired) electrons. The van der Waals surface area contributed by atoms with Crippen molar-refractivity contribution in [3.63, 3.8) is 0 Å². The van der Waals surface area contributed by atoms with Gasteiger partial charge in [-0.2, -0.15) is 0 Å². The van der Waals surface area contributed by atoms with E-state index in [0.717, 1.165) is 15.8 Å². The van der Waals surface area contributed by atoms with E-state index in [9.17, 15) is 0 Å². The van der Waals surface area contributed by atoms with Gasteiger partial charge in [0, 0.05) is 10.5 Å². The molecule has 0 saturated carbocycles. The first kappa shape index (κ1) is 15.8. The Hall–Kier alpha value is -0.540. The second-order valence-electron chi connectivity index (χ2n) is 5.36. The van der Waals surface area contributed by atoms with Gasteiger partial charge in [-0.25, -0.2) is 4.98 Å². The van der Waals surface area contributed by atoms with Gasteiger partial charge >= 0.3 is 0 Å². The van der Waals surface area contributed by atoms with E-state index in [1.807, 2.05) is 0 Å². The molecule has 1 aromatic heterocycles. The van der Waals surface area contributed by atoms with Crippen molar-refractivity contribution in [1.29, 1.82) is 0 Å². The standard InChI is InChI=1S/C16H22BrClN2/c1-3-4-5-6-7-12(2)20-15-9-8-13(17)10-14(15)19-16(20)11-18/h8-10,12H,3-7,11H2,1-2H3. The molecule has 0 N–H and O–H groups in total. The molecular formula is C16H22BrClN2. The van der Waals surface area contributed by atoms with E-state index in [1.54, 1.807) is 0 Å². The number of rotatable bonds is 7. The zero-order valence-electron chi connectivity index (χ0n) is 12.2. The molecule has 1 aromatic carbocycles. The summed E-state index contributed by atoms with van der Waals surface area (Å²) < 4.78 is 3.37. The number of fused-ring (bicyclic) bond motifs is 1. The van der Waals surface area contributed by atoms with Gasteiger partial charge in [0.1, 0.15) is 5.82 Å². The summed E-state index contributed by atoms with van der Waals surface area (Å²) in [6.45, 7) is 4.52. The van der Waals surface area contributed by atoms with Gasteiger partial charge in [0.15, 0.2) is 0 Å². The summed E-state index contributed by atoms with van der Waals surface area (Å²) >= 11 is 9.58. The van der Waals surface area contributed by atoms with Crippen LogP contribution in [0.25, 0.3) is 11.0 Å². The Morgan fingerprint density at radius 3 is 2.80 bits per heavy atom. The third kappa shape index (κ3) is 3.56. The van der Waals surface area contributed by atoms with Crippen molar-refractivity contribution < 1.29 is 0 Å². The molecule has 4 heteroatoms. The molecule has 1 atom stereocenters. The predicted octanol–water partition coefficient (Wildman–Crippen LogP) is 6.07. The molecule has 0 aliphatic carbocycles. The van der Waals surface area contributed by atoms with Gasteiger partial charge in [0.05, 0.1) is 16.9 Å². The van der Waals surface area contributed by atoms with E-state index < -0.39 is 0 Å². The van der Waals surface area contributed by atoms with Crippen LogP contribution in [0.4, 0.5) is 0 Å². The van der Waals surface area contributed by atoms with Gasteiger partial charge in [-0.3, -0.25) is 0 Å². The van der Waals surface area contributed by atoms with Crippen LogP contribution in [-0.2, 0) is 5.88 Å². The van der Waals surface area contributed by atoms with Crippen LogP contribution in [0.2, 0.25) is 0 Å². The molecule has 2 nitrogen and oxygen atoms in total. The van der Waals surface area contributed by atoms with Crippen LogP contribution in [0.3, 0.4) is 0 Å². The van der Waals surface area contributed by atoms with Crippen LogP contribution in [0.15, 0.2) is 22.7 Å². The number of alkyl halides is 1.